The van der Waals surface area contributed by atoms with Gasteiger partial charge in [0.2, 0.25) is 5.91 Å². The van der Waals surface area contributed by atoms with Gasteiger partial charge in [-0.15, -0.1) is 11.3 Å². The van der Waals surface area contributed by atoms with E-state index in [9.17, 15) is 4.79 Å². The minimum atomic E-state index is 0.0654. The van der Waals surface area contributed by atoms with Crippen molar-refractivity contribution in [1.29, 1.82) is 0 Å². The number of piperidine rings is 1. The second kappa shape index (κ2) is 6.89. The SMILES string of the molecule is CC(C)(C)c1csc([C@H]2CCCCN2C(=O)C[C@@H]2CCCO2)n1. The number of carbonyl (C=O) groups is 1. The number of hydrogen-bond donors (Lipinski definition) is 0. The highest BCUT2D eigenvalue weighted by Crippen LogP contribution is 2.35. The van der Waals surface area contributed by atoms with Gasteiger partial charge in [-0.1, -0.05) is 20.8 Å². The summed E-state index contributed by atoms with van der Waals surface area (Å²) in [6.45, 7) is 8.23. The monoisotopic (exact) mass is 336 g/mol. The highest BCUT2D eigenvalue weighted by Gasteiger charge is 2.32. The second-order valence-corrected chi connectivity index (χ2v) is 8.65. The minimum Gasteiger partial charge on any atom is -0.378 e. The summed E-state index contributed by atoms with van der Waals surface area (Å²) in [5.41, 5.74) is 1.20. The molecule has 0 bridgehead atoms. The first-order valence-corrected chi connectivity index (χ1v) is 9.70. The number of rotatable bonds is 3. The van der Waals surface area contributed by atoms with Crippen molar-refractivity contribution >= 4 is 17.2 Å². The van der Waals surface area contributed by atoms with Gasteiger partial charge in [0, 0.05) is 23.9 Å². The van der Waals surface area contributed by atoms with E-state index in [1.165, 1.54) is 6.42 Å². The number of thiazole rings is 1. The Hall–Kier alpha value is -0.940. The first-order chi connectivity index (χ1) is 10.9. The Morgan fingerprint density at radius 1 is 1.35 bits per heavy atom. The Morgan fingerprint density at radius 2 is 2.17 bits per heavy atom. The van der Waals surface area contributed by atoms with E-state index in [-0.39, 0.29) is 23.5 Å². The molecule has 4 nitrogen and oxygen atoms in total. The lowest BCUT2D eigenvalue weighted by Crippen LogP contribution is -2.39. The molecule has 0 unspecified atom stereocenters. The van der Waals surface area contributed by atoms with Crippen molar-refractivity contribution in [3.8, 4) is 0 Å². The summed E-state index contributed by atoms with van der Waals surface area (Å²) in [6.07, 6.45) is 6.09. The normalized spacial score (nSPS) is 25.8. The van der Waals surface area contributed by atoms with E-state index in [0.29, 0.717) is 6.42 Å². The van der Waals surface area contributed by atoms with Gasteiger partial charge in [0.05, 0.1) is 24.3 Å². The first kappa shape index (κ1) is 16.9. The molecule has 128 valence electrons. The zero-order valence-electron chi connectivity index (χ0n) is 14.5. The fraction of sp³-hybridized carbons (Fsp3) is 0.778. The molecule has 2 fully saturated rings. The molecular weight excluding hydrogens is 308 g/mol. The minimum absolute atomic E-state index is 0.0654. The number of aromatic nitrogens is 1. The Morgan fingerprint density at radius 3 is 2.83 bits per heavy atom. The van der Waals surface area contributed by atoms with Crippen molar-refractivity contribution in [2.75, 3.05) is 13.2 Å². The first-order valence-electron chi connectivity index (χ1n) is 8.82. The molecule has 0 aliphatic carbocycles. The predicted molar refractivity (Wildman–Crippen MR) is 92.7 cm³/mol. The van der Waals surface area contributed by atoms with E-state index >= 15 is 0 Å². The molecule has 5 heteroatoms. The fourth-order valence-corrected chi connectivity index (χ4v) is 4.58. The zero-order chi connectivity index (χ0) is 16.4. The van der Waals surface area contributed by atoms with Crippen LogP contribution < -0.4 is 0 Å². The van der Waals surface area contributed by atoms with Crippen LogP contribution in [0.15, 0.2) is 5.38 Å². The standard InChI is InChI=1S/C18H28N2O2S/c1-18(2,3)15-12-23-17(19-15)14-8-4-5-9-20(14)16(21)11-13-7-6-10-22-13/h12-14H,4-11H2,1-3H3/t13-,14+/m0/s1. The molecule has 3 rings (SSSR count). The Kier molecular flexibility index (Phi) is 5.07. The molecule has 0 radical (unpaired) electrons. The van der Waals surface area contributed by atoms with Crippen LogP contribution in [0.4, 0.5) is 0 Å². The van der Waals surface area contributed by atoms with Crippen LogP contribution in [0.3, 0.4) is 0 Å². The van der Waals surface area contributed by atoms with Crippen molar-refractivity contribution in [1.82, 2.24) is 9.88 Å². The summed E-state index contributed by atoms with van der Waals surface area (Å²) >= 11 is 1.71. The molecule has 2 saturated heterocycles. The van der Waals surface area contributed by atoms with E-state index in [0.717, 1.165) is 49.5 Å². The highest BCUT2D eigenvalue weighted by molar-refractivity contribution is 7.09. The maximum absolute atomic E-state index is 12.8. The molecule has 1 aromatic rings. The van der Waals surface area contributed by atoms with Gasteiger partial charge < -0.3 is 9.64 Å². The van der Waals surface area contributed by atoms with Crippen LogP contribution in [0.1, 0.15) is 76.0 Å². The quantitative estimate of drug-likeness (QED) is 0.836. The van der Waals surface area contributed by atoms with Crippen molar-refractivity contribution in [2.45, 2.75) is 76.9 Å². The van der Waals surface area contributed by atoms with E-state index in [4.69, 9.17) is 9.72 Å². The largest absolute Gasteiger partial charge is 0.378 e. The zero-order valence-corrected chi connectivity index (χ0v) is 15.3. The summed E-state index contributed by atoms with van der Waals surface area (Å²) in [4.78, 5) is 19.7. The summed E-state index contributed by atoms with van der Waals surface area (Å²) < 4.78 is 5.64. The van der Waals surface area contributed by atoms with Crippen LogP contribution in [0.25, 0.3) is 0 Å². The highest BCUT2D eigenvalue weighted by atomic mass is 32.1. The Balaban J connectivity index is 1.73. The molecule has 2 aliphatic heterocycles. The maximum atomic E-state index is 12.8. The van der Waals surface area contributed by atoms with Crippen molar-refractivity contribution in [3.05, 3.63) is 16.1 Å². The smallest absolute Gasteiger partial charge is 0.225 e. The lowest BCUT2D eigenvalue weighted by atomic mass is 9.93. The predicted octanol–water partition coefficient (Wildman–Crippen LogP) is 4.06. The van der Waals surface area contributed by atoms with Gasteiger partial charge >= 0.3 is 0 Å². The summed E-state index contributed by atoms with van der Waals surface area (Å²) in [6, 6.07) is 0.166. The van der Waals surface area contributed by atoms with Gasteiger partial charge in [-0.3, -0.25) is 4.79 Å². The summed E-state index contributed by atoms with van der Waals surface area (Å²) in [5.74, 6) is 0.245. The molecule has 1 aromatic heterocycles. The number of likely N-dealkylation sites (tertiary alicyclic amines) is 1. The number of amides is 1. The van der Waals surface area contributed by atoms with Gasteiger partial charge in [-0.2, -0.15) is 0 Å². The Labute approximate surface area is 143 Å². The van der Waals surface area contributed by atoms with Gasteiger partial charge in [-0.05, 0) is 32.1 Å². The number of ether oxygens (including phenoxy) is 1. The third kappa shape index (κ3) is 3.94. The lowest BCUT2D eigenvalue weighted by Gasteiger charge is -2.35. The van der Waals surface area contributed by atoms with E-state index in [2.05, 4.69) is 31.1 Å². The van der Waals surface area contributed by atoms with E-state index in [1.807, 2.05) is 0 Å². The second-order valence-electron chi connectivity index (χ2n) is 7.76. The van der Waals surface area contributed by atoms with Gasteiger partial charge in [0.15, 0.2) is 0 Å². The van der Waals surface area contributed by atoms with Crippen LogP contribution in [0, 0.1) is 0 Å². The maximum Gasteiger partial charge on any atom is 0.225 e. The van der Waals surface area contributed by atoms with Crippen LogP contribution in [-0.2, 0) is 14.9 Å². The molecule has 0 aromatic carbocycles. The summed E-state index contributed by atoms with van der Waals surface area (Å²) in [7, 11) is 0. The molecule has 0 spiro atoms. The molecule has 2 atom stereocenters. The average molecular weight is 337 g/mol. The van der Waals surface area contributed by atoms with E-state index < -0.39 is 0 Å². The molecule has 0 N–H and O–H groups in total. The third-order valence-corrected chi connectivity index (χ3v) is 5.77. The van der Waals surface area contributed by atoms with Crippen molar-refractivity contribution < 1.29 is 9.53 Å². The van der Waals surface area contributed by atoms with E-state index in [1.54, 1.807) is 11.3 Å². The van der Waals surface area contributed by atoms with Gasteiger partial charge in [-0.25, -0.2) is 4.98 Å². The van der Waals surface area contributed by atoms with Crippen LogP contribution >= 0.6 is 11.3 Å². The van der Waals surface area contributed by atoms with Crippen LogP contribution in [-0.4, -0.2) is 35.0 Å². The van der Waals surface area contributed by atoms with Crippen molar-refractivity contribution in [2.24, 2.45) is 0 Å². The van der Waals surface area contributed by atoms with Crippen LogP contribution in [0.2, 0.25) is 0 Å². The Bertz CT molecular complexity index is 543. The number of carbonyl (C=O) groups excluding carboxylic acids is 1. The average Bonchev–Trinajstić information content (AvgIpc) is 3.18. The lowest BCUT2D eigenvalue weighted by molar-refractivity contribution is -0.137. The molecular formula is C18H28N2O2S. The molecule has 0 saturated carbocycles. The number of hydrogen-bond acceptors (Lipinski definition) is 4. The molecule has 3 heterocycles. The third-order valence-electron chi connectivity index (χ3n) is 4.82. The van der Waals surface area contributed by atoms with Crippen LogP contribution in [0.5, 0.6) is 0 Å². The number of nitrogens with zero attached hydrogens (tertiary/aromatic N) is 2. The molecule has 23 heavy (non-hydrogen) atoms. The fourth-order valence-electron chi connectivity index (χ4n) is 3.39. The molecule has 1 amide bonds. The topological polar surface area (TPSA) is 42.4 Å². The summed E-state index contributed by atoms with van der Waals surface area (Å²) in [5, 5.41) is 3.27. The van der Waals surface area contributed by atoms with Gasteiger partial charge in [0.25, 0.3) is 0 Å². The molecule has 2 aliphatic rings. The van der Waals surface area contributed by atoms with Gasteiger partial charge in [0.1, 0.15) is 5.01 Å². The van der Waals surface area contributed by atoms with Crippen molar-refractivity contribution in [3.63, 3.8) is 0 Å².